The van der Waals surface area contributed by atoms with Crippen molar-refractivity contribution in [1.29, 1.82) is 0 Å². The summed E-state index contributed by atoms with van der Waals surface area (Å²) in [5, 5.41) is 9.35. The lowest BCUT2D eigenvalue weighted by atomic mass is 10.2. The summed E-state index contributed by atoms with van der Waals surface area (Å²) in [5.41, 5.74) is 2.61. The van der Waals surface area contributed by atoms with Crippen molar-refractivity contribution < 1.29 is 5.11 Å². The summed E-state index contributed by atoms with van der Waals surface area (Å²) in [6, 6.07) is 7.22. The van der Waals surface area contributed by atoms with Crippen molar-refractivity contribution >= 4 is 5.65 Å². The largest absolute Gasteiger partial charge is 0.506 e. The molecule has 0 aromatic carbocycles. The van der Waals surface area contributed by atoms with Gasteiger partial charge in [0.1, 0.15) is 11.4 Å². The number of aromatic nitrogens is 3. The number of aromatic hydroxyl groups is 1. The van der Waals surface area contributed by atoms with Crippen molar-refractivity contribution in [3.05, 3.63) is 49.1 Å². The van der Waals surface area contributed by atoms with E-state index in [0.717, 1.165) is 16.9 Å². The smallest absolute Gasteiger partial charge is 0.137 e. The number of pyridine rings is 2. The van der Waals surface area contributed by atoms with Gasteiger partial charge in [0, 0.05) is 24.2 Å². The third-order valence-electron chi connectivity index (χ3n) is 2.39. The first-order valence-corrected chi connectivity index (χ1v) is 4.91. The lowest BCUT2D eigenvalue weighted by Gasteiger charge is -1.92. The highest BCUT2D eigenvalue weighted by atomic mass is 16.3. The third kappa shape index (κ3) is 1.40. The highest BCUT2D eigenvalue weighted by Gasteiger charge is 2.04. The van der Waals surface area contributed by atoms with Gasteiger partial charge in [-0.15, -0.1) is 0 Å². The summed E-state index contributed by atoms with van der Waals surface area (Å²) in [7, 11) is 0. The molecule has 0 saturated heterocycles. The maximum Gasteiger partial charge on any atom is 0.137 e. The molecule has 4 nitrogen and oxygen atoms in total. The molecule has 3 heterocycles. The zero-order valence-corrected chi connectivity index (χ0v) is 8.41. The molecule has 0 unspecified atom stereocenters. The van der Waals surface area contributed by atoms with Gasteiger partial charge in [0.15, 0.2) is 0 Å². The highest BCUT2D eigenvalue weighted by Crippen LogP contribution is 2.19. The monoisotopic (exact) mass is 211 g/mol. The molecular formula is C12H9N3O. The molecular weight excluding hydrogens is 202 g/mol. The Morgan fingerprint density at radius 2 is 2.06 bits per heavy atom. The normalized spacial score (nSPS) is 10.8. The molecule has 0 aliphatic rings. The van der Waals surface area contributed by atoms with Crippen LogP contribution >= 0.6 is 0 Å². The topological polar surface area (TPSA) is 50.4 Å². The van der Waals surface area contributed by atoms with Gasteiger partial charge in [-0.3, -0.25) is 4.98 Å². The Morgan fingerprint density at radius 1 is 1.12 bits per heavy atom. The van der Waals surface area contributed by atoms with Crippen molar-refractivity contribution in [3.8, 4) is 17.0 Å². The van der Waals surface area contributed by atoms with Crippen molar-refractivity contribution in [2.45, 2.75) is 0 Å². The van der Waals surface area contributed by atoms with Crippen LogP contribution in [0.25, 0.3) is 16.9 Å². The first-order valence-electron chi connectivity index (χ1n) is 4.91. The maximum absolute atomic E-state index is 9.35. The van der Waals surface area contributed by atoms with Crippen LogP contribution in [0, 0.1) is 0 Å². The molecule has 3 aromatic rings. The van der Waals surface area contributed by atoms with Gasteiger partial charge >= 0.3 is 0 Å². The number of hydrogen-bond donors (Lipinski definition) is 1. The molecule has 0 saturated carbocycles. The zero-order valence-electron chi connectivity index (χ0n) is 8.41. The summed E-state index contributed by atoms with van der Waals surface area (Å²) in [5.74, 6) is 0.225. The lowest BCUT2D eigenvalue weighted by molar-refractivity contribution is 0.472. The summed E-state index contributed by atoms with van der Waals surface area (Å²) in [4.78, 5) is 8.49. The van der Waals surface area contributed by atoms with E-state index in [9.17, 15) is 5.11 Å². The molecule has 0 bridgehead atoms. The average Bonchev–Trinajstić information content (AvgIpc) is 2.73. The van der Waals surface area contributed by atoms with Crippen molar-refractivity contribution in [2.24, 2.45) is 0 Å². The quantitative estimate of drug-likeness (QED) is 0.670. The van der Waals surface area contributed by atoms with Gasteiger partial charge in [0.05, 0.1) is 11.9 Å². The molecule has 1 N–H and O–H groups in total. The van der Waals surface area contributed by atoms with Gasteiger partial charge in [-0.2, -0.15) is 0 Å². The van der Waals surface area contributed by atoms with Crippen LogP contribution in [0.5, 0.6) is 5.75 Å². The van der Waals surface area contributed by atoms with Crippen LogP contribution in [0.15, 0.2) is 49.1 Å². The Morgan fingerprint density at radius 3 is 2.88 bits per heavy atom. The van der Waals surface area contributed by atoms with E-state index in [2.05, 4.69) is 9.97 Å². The molecule has 0 aliphatic carbocycles. The second kappa shape index (κ2) is 3.34. The molecule has 16 heavy (non-hydrogen) atoms. The highest BCUT2D eigenvalue weighted by molar-refractivity contribution is 5.61. The number of nitrogens with zero attached hydrogens (tertiary/aromatic N) is 3. The van der Waals surface area contributed by atoms with E-state index in [-0.39, 0.29) is 5.75 Å². The Kier molecular flexibility index (Phi) is 1.86. The Labute approximate surface area is 91.8 Å². The second-order valence-electron chi connectivity index (χ2n) is 3.52. The van der Waals surface area contributed by atoms with Gasteiger partial charge in [0.2, 0.25) is 0 Å². The Balaban J connectivity index is 2.19. The molecule has 0 radical (unpaired) electrons. The molecule has 0 spiro atoms. The van der Waals surface area contributed by atoms with Crippen LogP contribution in [0.1, 0.15) is 0 Å². The van der Waals surface area contributed by atoms with Gasteiger partial charge in [0.25, 0.3) is 0 Å². The van der Waals surface area contributed by atoms with E-state index in [1.807, 2.05) is 18.3 Å². The summed E-state index contributed by atoms with van der Waals surface area (Å²) >= 11 is 0. The van der Waals surface area contributed by atoms with Gasteiger partial charge in [-0.1, -0.05) is 0 Å². The first-order chi connectivity index (χ1) is 7.83. The van der Waals surface area contributed by atoms with E-state index in [0.29, 0.717) is 0 Å². The molecule has 4 heteroatoms. The van der Waals surface area contributed by atoms with E-state index in [4.69, 9.17) is 0 Å². The maximum atomic E-state index is 9.35. The minimum Gasteiger partial charge on any atom is -0.506 e. The van der Waals surface area contributed by atoms with Gasteiger partial charge < -0.3 is 9.51 Å². The van der Waals surface area contributed by atoms with Crippen molar-refractivity contribution in [2.75, 3.05) is 0 Å². The average molecular weight is 211 g/mol. The summed E-state index contributed by atoms with van der Waals surface area (Å²) < 4.78 is 1.79. The van der Waals surface area contributed by atoms with Crippen LogP contribution in [-0.4, -0.2) is 19.5 Å². The van der Waals surface area contributed by atoms with Gasteiger partial charge in [-0.25, -0.2) is 4.98 Å². The van der Waals surface area contributed by atoms with E-state index >= 15 is 0 Å². The standard InChI is InChI=1S/C12H9N3O/c16-10-3-4-12-14-11(8-15(12)7-10)9-2-1-5-13-6-9/h1-8,16H. The van der Waals surface area contributed by atoms with Crippen molar-refractivity contribution in [3.63, 3.8) is 0 Å². The molecule has 0 amide bonds. The summed E-state index contributed by atoms with van der Waals surface area (Å²) in [6.07, 6.45) is 6.99. The number of imidazole rings is 1. The van der Waals surface area contributed by atoms with Gasteiger partial charge in [-0.05, 0) is 24.3 Å². The molecule has 0 aliphatic heterocycles. The zero-order chi connectivity index (χ0) is 11.0. The SMILES string of the molecule is Oc1ccc2nc(-c3cccnc3)cn2c1. The lowest BCUT2D eigenvalue weighted by Crippen LogP contribution is -1.79. The van der Waals surface area contributed by atoms with Crippen LogP contribution in [0.4, 0.5) is 0 Å². The Bertz CT molecular complexity index is 631. The fourth-order valence-corrected chi connectivity index (χ4v) is 1.63. The number of hydrogen-bond acceptors (Lipinski definition) is 3. The predicted molar refractivity (Wildman–Crippen MR) is 60.1 cm³/mol. The van der Waals surface area contributed by atoms with E-state index < -0.39 is 0 Å². The van der Waals surface area contributed by atoms with Crippen LogP contribution in [0.2, 0.25) is 0 Å². The van der Waals surface area contributed by atoms with Crippen LogP contribution < -0.4 is 0 Å². The predicted octanol–water partition coefficient (Wildman–Crippen LogP) is 2.10. The minimum absolute atomic E-state index is 0.225. The van der Waals surface area contributed by atoms with E-state index in [1.165, 1.54) is 0 Å². The molecule has 78 valence electrons. The van der Waals surface area contributed by atoms with Crippen LogP contribution in [-0.2, 0) is 0 Å². The first kappa shape index (κ1) is 8.91. The third-order valence-corrected chi connectivity index (χ3v) is 2.39. The minimum atomic E-state index is 0.225. The van der Waals surface area contributed by atoms with E-state index in [1.54, 1.807) is 35.1 Å². The number of fused-ring (bicyclic) bond motifs is 1. The second-order valence-corrected chi connectivity index (χ2v) is 3.52. The molecule has 3 rings (SSSR count). The molecule has 0 atom stereocenters. The Hall–Kier alpha value is -2.36. The fourth-order valence-electron chi connectivity index (χ4n) is 1.63. The summed E-state index contributed by atoms with van der Waals surface area (Å²) in [6.45, 7) is 0. The molecule has 0 fully saturated rings. The fraction of sp³-hybridized carbons (Fsp3) is 0. The van der Waals surface area contributed by atoms with Crippen molar-refractivity contribution in [1.82, 2.24) is 14.4 Å². The number of rotatable bonds is 1. The van der Waals surface area contributed by atoms with Crippen LogP contribution in [0.3, 0.4) is 0 Å². The molecule has 3 aromatic heterocycles.